The zero-order valence-corrected chi connectivity index (χ0v) is 14.3. The molecule has 128 valence electrons. The second-order valence-electron chi connectivity index (χ2n) is 6.98. The second-order valence-corrected chi connectivity index (χ2v) is 6.98. The third-order valence-corrected chi connectivity index (χ3v) is 4.99. The fourth-order valence-corrected chi connectivity index (χ4v) is 3.57. The summed E-state index contributed by atoms with van der Waals surface area (Å²) in [5.74, 6) is -0.474. The fraction of sp³-hybridized carbons (Fsp3) is 0.500. The summed E-state index contributed by atoms with van der Waals surface area (Å²) in [5, 5.41) is 0. The number of carbonyl (C=O) groups is 2. The number of carbonyl (C=O) groups excluding carboxylic acids is 2. The van der Waals surface area contributed by atoms with Crippen LogP contribution in [0.2, 0.25) is 0 Å². The fourth-order valence-electron chi connectivity index (χ4n) is 3.57. The Labute approximate surface area is 142 Å². The highest BCUT2D eigenvalue weighted by atomic mass is 16.6. The smallest absolute Gasteiger partial charge is 0.334 e. The Balaban J connectivity index is 1.86. The van der Waals surface area contributed by atoms with Gasteiger partial charge in [-0.1, -0.05) is 23.8 Å². The first-order chi connectivity index (χ1) is 11.4. The van der Waals surface area contributed by atoms with Crippen LogP contribution in [0.15, 0.2) is 47.1 Å². The Bertz CT molecular complexity index is 665. The summed E-state index contributed by atoms with van der Waals surface area (Å²) in [6.07, 6.45) is 9.56. The molecule has 2 bridgehead atoms. The van der Waals surface area contributed by atoms with Gasteiger partial charge in [0, 0.05) is 23.5 Å². The highest BCUT2D eigenvalue weighted by Crippen LogP contribution is 2.34. The second kappa shape index (κ2) is 6.80. The number of allylic oxidation sites excluding steroid dienone is 2. The molecule has 0 aromatic carbocycles. The van der Waals surface area contributed by atoms with Crippen LogP contribution in [0.1, 0.15) is 46.0 Å². The van der Waals surface area contributed by atoms with E-state index in [9.17, 15) is 9.59 Å². The average molecular weight is 328 g/mol. The van der Waals surface area contributed by atoms with Gasteiger partial charge in [0.05, 0.1) is 0 Å². The minimum absolute atomic E-state index is 0.0240. The summed E-state index contributed by atoms with van der Waals surface area (Å²) < 4.78 is 10.9. The van der Waals surface area contributed by atoms with Gasteiger partial charge >= 0.3 is 11.9 Å². The van der Waals surface area contributed by atoms with Crippen molar-refractivity contribution < 1.29 is 19.1 Å². The maximum atomic E-state index is 11.9. The SMILES string of the molecule is C=C1C(=O)OC2/C=C(\C)C[C@H]3C=C(CC/C=C(\C)CC[C@H]12)C(=O)O3. The van der Waals surface area contributed by atoms with Crippen LogP contribution in [0.4, 0.5) is 0 Å². The molecule has 0 saturated carbocycles. The van der Waals surface area contributed by atoms with Crippen molar-refractivity contribution >= 4 is 11.9 Å². The molecule has 1 aliphatic carbocycles. The van der Waals surface area contributed by atoms with Crippen LogP contribution in [0.5, 0.6) is 0 Å². The van der Waals surface area contributed by atoms with Crippen molar-refractivity contribution in [2.24, 2.45) is 5.92 Å². The maximum Gasteiger partial charge on any atom is 0.334 e. The standard InChI is InChI=1S/C20H24O4/c1-12-5-4-6-15-11-16(23-20(15)22)9-13(2)10-18-17(8-7-12)14(3)19(21)24-18/h5,10-11,16-18H,3-4,6-9H2,1-2H3/b12-5+,13-10+/t16-,17+,18?/m0/s1. The van der Waals surface area contributed by atoms with Gasteiger partial charge in [-0.05, 0) is 51.7 Å². The highest BCUT2D eigenvalue weighted by molar-refractivity contribution is 5.91. The van der Waals surface area contributed by atoms with Gasteiger partial charge < -0.3 is 9.47 Å². The Morgan fingerprint density at radius 3 is 2.62 bits per heavy atom. The van der Waals surface area contributed by atoms with E-state index >= 15 is 0 Å². The lowest BCUT2D eigenvalue weighted by molar-refractivity contribution is -0.139. The molecule has 0 radical (unpaired) electrons. The van der Waals surface area contributed by atoms with Crippen molar-refractivity contribution in [2.45, 2.75) is 58.2 Å². The summed E-state index contributed by atoms with van der Waals surface area (Å²) in [5.41, 5.74) is 3.67. The normalized spacial score (nSPS) is 35.7. The van der Waals surface area contributed by atoms with E-state index in [1.54, 1.807) is 0 Å². The van der Waals surface area contributed by atoms with E-state index in [0.29, 0.717) is 12.0 Å². The molecule has 4 nitrogen and oxygen atoms in total. The molecule has 3 rings (SSSR count). The summed E-state index contributed by atoms with van der Waals surface area (Å²) in [6.45, 7) is 8.00. The van der Waals surface area contributed by atoms with Crippen LogP contribution in [0.3, 0.4) is 0 Å². The molecule has 3 aliphatic rings. The number of hydrogen-bond donors (Lipinski definition) is 0. The average Bonchev–Trinajstić information content (AvgIpc) is 2.97. The molecule has 0 aromatic heterocycles. The predicted octanol–water partition coefficient (Wildman–Crippen LogP) is 3.79. The molecule has 0 aromatic rings. The summed E-state index contributed by atoms with van der Waals surface area (Å²) in [4.78, 5) is 23.8. The van der Waals surface area contributed by atoms with Crippen molar-refractivity contribution in [3.8, 4) is 0 Å². The maximum absolute atomic E-state index is 11.9. The van der Waals surface area contributed by atoms with E-state index in [0.717, 1.165) is 36.8 Å². The molecule has 1 saturated heterocycles. The third-order valence-electron chi connectivity index (χ3n) is 4.99. The highest BCUT2D eigenvalue weighted by Gasteiger charge is 2.37. The molecule has 2 aliphatic heterocycles. The zero-order chi connectivity index (χ0) is 17.3. The van der Waals surface area contributed by atoms with E-state index in [1.165, 1.54) is 5.57 Å². The van der Waals surface area contributed by atoms with Crippen molar-refractivity contribution in [3.63, 3.8) is 0 Å². The molecule has 0 amide bonds. The van der Waals surface area contributed by atoms with Gasteiger partial charge in [0.15, 0.2) is 0 Å². The van der Waals surface area contributed by atoms with E-state index in [2.05, 4.69) is 19.6 Å². The van der Waals surface area contributed by atoms with Gasteiger partial charge in [0.2, 0.25) is 0 Å². The first-order valence-electron chi connectivity index (χ1n) is 8.58. The minimum atomic E-state index is -0.297. The Kier molecular flexibility index (Phi) is 4.74. The van der Waals surface area contributed by atoms with Crippen LogP contribution < -0.4 is 0 Å². The molecule has 0 spiro atoms. The summed E-state index contributed by atoms with van der Waals surface area (Å²) in [6, 6.07) is 0. The van der Waals surface area contributed by atoms with E-state index < -0.39 is 0 Å². The van der Waals surface area contributed by atoms with Gasteiger partial charge in [-0.15, -0.1) is 0 Å². The predicted molar refractivity (Wildman–Crippen MR) is 91.1 cm³/mol. The quantitative estimate of drug-likeness (QED) is 0.386. The first kappa shape index (κ1) is 16.7. The monoisotopic (exact) mass is 328 g/mol. The van der Waals surface area contributed by atoms with Gasteiger partial charge in [0.25, 0.3) is 0 Å². The first-order valence-corrected chi connectivity index (χ1v) is 8.58. The van der Waals surface area contributed by atoms with Crippen LogP contribution in [0, 0.1) is 5.92 Å². The van der Waals surface area contributed by atoms with Crippen molar-refractivity contribution in [3.05, 3.63) is 47.1 Å². The number of hydrogen-bond acceptors (Lipinski definition) is 4. The largest absolute Gasteiger partial charge is 0.454 e. The van der Waals surface area contributed by atoms with Gasteiger partial charge in [-0.25, -0.2) is 9.59 Å². The lowest BCUT2D eigenvalue weighted by atomic mass is 9.89. The van der Waals surface area contributed by atoms with Gasteiger partial charge in [-0.2, -0.15) is 0 Å². The Morgan fingerprint density at radius 1 is 1.04 bits per heavy atom. The van der Waals surface area contributed by atoms with Crippen LogP contribution in [0.25, 0.3) is 0 Å². The van der Waals surface area contributed by atoms with Crippen molar-refractivity contribution in [1.29, 1.82) is 0 Å². The van der Waals surface area contributed by atoms with E-state index in [-0.39, 0.29) is 30.1 Å². The molecule has 1 fully saturated rings. The lowest BCUT2D eigenvalue weighted by Gasteiger charge is -2.16. The Morgan fingerprint density at radius 2 is 1.83 bits per heavy atom. The molecule has 4 heteroatoms. The third kappa shape index (κ3) is 3.53. The molecular formula is C20H24O4. The van der Waals surface area contributed by atoms with Crippen molar-refractivity contribution in [2.75, 3.05) is 0 Å². The van der Waals surface area contributed by atoms with Crippen molar-refractivity contribution in [1.82, 2.24) is 0 Å². The molecule has 0 N–H and O–H groups in total. The molecule has 1 unspecified atom stereocenters. The van der Waals surface area contributed by atoms with Gasteiger partial charge in [0.1, 0.15) is 12.2 Å². The topological polar surface area (TPSA) is 52.6 Å². The van der Waals surface area contributed by atoms with Crippen LogP contribution in [-0.2, 0) is 19.1 Å². The molecule has 24 heavy (non-hydrogen) atoms. The number of esters is 2. The lowest BCUT2D eigenvalue weighted by Crippen LogP contribution is -2.16. The van der Waals surface area contributed by atoms with Crippen LogP contribution in [-0.4, -0.2) is 24.1 Å². The van der Waals surface area contributed by atoms with Crippen LogP contribution >= 0.6 is 0 Å². The zero-order valence-electron chi connectivity index (χ0n) is 14.3. The molecular weight excluding hydrogens is 304 g/mol. The summed E-state index contributed by atoms with van der Waals surface area (Å²) in [7, 11) is 0. The number of rotatable bonds is 0. The minimum Gasteiger partial charge on any atom is -0.454 e. The molecule has 2 heterocycles. The molecule has 3 atom stereocenters. The number of ether oxygens (including phenoxy) is 2. The van der Waals surface area contributed by atoms with Gasteiger partial charge in [-0.3, -0.25) is 0 Å². The summed E-state index contributed by atoms with van der Waals surface area (Å²) >= 11 is 0. The number of fused-ring (bicyclic) bond motifs is 2. The van der Waals surface area contributed by atoms with E-state index in [1.807, 2.05) is 19.1 Å². The Hall–Kier alpha value is -2.10. The van der Waals surface area contributed by atoms with E-state index in [4.69, 9.17) is 9.47 Å².